The van der Waals surface area contributed by atoms with Crippen molar-refractivity contribution >= 4 is 34.2 Å². The fourth-order valence-corrected chi connectivity index (χ4v) is 9.88. The van der Waals surface area contributed by atoms with Crippen molar-refractivity contribution in [2.75, 3.05) is 0 Å². The lowest BCUT2D eigenvalue weighted by molar-refractivity contribution is -0.158. The summed E-state index contributed by atoms with van der Waals surface area (Å²) in [7, 11) is -4.43. The lowest BCUT2D eigenvalue weighted by Gasteiger charge is -2.45. The Morgan fingerprint density at radius 3 is 2.07 bits per heavy atom. The predicted octanol–water partition coefficient (Wildman–Crippen LogP) is 8.82. The number of ketones is 2. The molecule has 0 fully saturated rings. The van der Waals surface area contributed by atoms with Crippen molar-refractivity contribution in [1.82, 2.24) is 0 Å². The topological polar surface area (TPSA) is 78.9 Å². The molecular formula is C34H62O6Si2. The molecule has 8 heteroatoms. The molecule has 1 aliphatic rings. The predicted molar refractivity (Wildman–Crippen MR) is 179 cm³/mol. The van der Waals surface area contributed by atoms with Crippen molar-refractivity contribution in [3.8, 4) is 0 Å². The Morgan fingerprint density at radius 2 is 1.60 bits per heavy atom. The van der Waals surface area contributed by atoms with Gasteiger partial charge in [-0.3, -0.25) is 14.4 Å². The molecule has 0 saturated heterocycles. The number of ether oxygens (including phenoxy) is 1. The van der Waals surface area contributed by atoms with Gasteiger partial charge in [-0.1, -0.05) is 93.0 Å². The molecule has 1 aliphatic heterocycles. The summed E-state index contributed by atoms with van der Waals surface area (Å²) in [5, 5.41) is -0.0134. The van der Waals surface area contributed by atoms with E-state index in [0.717, 1.165) is 23.7 Å². The molecule has 6 nitrogen and oxygen atoms in total. The van der Waals surface area contributed by atoms with Gasteiger partial charge in [-0.25, -0.2) is 0 Å². The first-order valence-corrected chi connectivity index (χ1v) is 21.5. The average molecular weight is 623 g/mol. The Balaban J connectivity index is 3.77. The highest BCUT2D eigenvalue weighted by Gasteiger charge is 2.49. The summed E-state index contributed by atoms with van der Waals surface area (Å²) in [6, 6.07) is 2.68. The fraction of sp³-hybridized carbons (Fsp3) is 0.794. The molecular weight excluding hydrogens is 561 g/mol. The molecule has 42 heavy (non-hydrogen) atoms. The normalized spacial score (nSPS) is 29.4. The number of esters is 1. The molecule has 0 aromatic carbocycles. The van der Waals surface area contributed by atoms with Gasteiger partial charge in [0.2, 0.25) is 0 Å². The molecule has 1 heterocycles. The van der Waals surface area contributed by atoms with Crippen LogP contribution < -0.4 is 0 Å². The first-order valence-electron chi connectivity index (χ1n) is 16.1. The van der Waals surface area contributed by atoms with Gasteiger partial charge < -0.3 is 13.6 Å². The van der Waals surface area contributed by atoms with Crippen molar-refractivity contribution < 1.29 is 28.0 Å². The maximum Gasteiger partial charge on any atom is 0.309 e. The van der Waals surface area contributed by atoms with Crippen LogP contribution in [0.25, 0.3) is 0 Å². The summed E-state index contributed by atoms with van der Waals surface area (Å²) < 4.78 is 19.7. The summed E-state index contributed by atoms with van der Waals surface area (Å²) in [6.45, 7) is 28.9. The number of rotatable bonds is 8. The smallest absolute Gasteiger partial charge is 0.309 e. The van der Waals surface area contributed by atoms with E-state index in [2.05, 4.69) is 73.7 Å². The van der Waals surface area contributed by atoms with Gasteiger partial charge in [0.1, 0.15) is 5.78 Å². The van der Waals surface area contributed by atoms with Gasteiger partial charge in [0.15, 0.2) is 28.5 Å². The highest BCUT2D eigenvalue weighted by molar-refractivity contribution is 6.74. The number of cyclic esters (lactones) is 1. The van der Waals surface area contributed by atoms with Gasteiger partial charge in [0, 0.05) is 17.8 Å². The molecule has 0 amide bonds. The second-order valence-electron chi connectivity index (χ2n) is 14.6. The van der Waals surface area contributed by atoms with Crippen LogP contribution in [0.4, 0.5) is 0 Å². The molecule has 0 aromatic rings. The van der Waals surface area contributed by atoms with Gasteiger partial charge in [-0.15, -0.1) is 0 Å². The SMILES string of the molecule is CC[Si](CC)(CC)O[C@H]1CC(=O)O[C@H](C(C)=O)C/C=C(/C)C/C=C/[C@H](C)[C@H](O[Si](C)(C)C(C)(C)C)[C@@H](C)C(=O)C1(C)C. The lowest BCUT2D eigenvalue weighted by Crippen LogP contribution is -2.53. The molecule has 0 unspecified atom stereocenters. The summed E-state index contributed by atoms with van der Waals surface area (Å²) in [5.74, 6) is -1.09. The minimum absolute atomic E-state index is 0.000673. The number of allylic oxidation sites excluding steroid dienone is 2. The zero-order valence-electron chi connectivity index (χ0n) is 29.3. The fourth-order valence-electron chi connectivity index (χ4n) is 5.45. The summed E-state index contributed by atoms with van der Waals surface area (Å²) >= 11 is 0. The molecule has 0 bridgehead atoms. The van der Waals surface area contributed by atoms with Crippen LogP contribution in [0, 0.1) is 17.3 Å². The van der Waals surface area contributed by atoms with E-state index in [-0.39, 0.29) is 35.0 Å². The van der Waals surface area contributed by atoms with Gasteiger partial charge in [-0.2, -0.15) is 0 Å². The van der Waals surface area contributed by atoms with Crippen LogP contribution in [0.15, 0.2) is 23.8 Å². The molecule has 242 valence electrons. The number of carbonyl (C=O) groups is 3. The highest BCUT2D eigenvalue weighted by Crippen LogP contribution is 2.42. The number of hydrogen-bond acceptors (Lipinski definition) is 6. The summed E-state index contributed by atoms with van der Waals surface area (Å²) in [6.07, 6.45) is 5.40. The number of Topliss-reactive ketones (excluding diaryl/α,β-unsaturated/α-hetero) is 2. The van der Waals surface area contributed by atoms with Crippen molar-refractivity contribution in [2.45, 2.75) is 157 Å². The standard InChI is InChI=1S/C34H62O6Si2/c1-15-42(16-2,17-3)39-29-23-30(36)38-28(27(7)35)22-21-24(4)19-18-20-25(5)31(26(6)32(37)34(29,11)12)40-41(13,14)33(8,9)10/h18,20-21,25-26,28-29,31H,15-17,19,22-23H2,1-14H3/b20-18+,24-21-/t25-,26+,28-,29-,31-/m0/s1. The van der Waals surface area contributed by atoms with Crippen molar-refractivity contribution in [2.24, 2.45) is 17.3 Å². The Morgan fingerprint density at radius 1 is 1.05 bits per heavy atom. The first-order chi connectivity index (χ1) is 19.2. The van der Waals surface area contributed by atoms with E-state index in [9.17, 15) is 14.4 Å². The Bertz CT molecular complexity index is 978. The Labute approximate surface area is 259 Å². The third-order valence-electron chi connectivity index (χ3n) is 10.1. The summed E-state index contributed by atoms with van der Waals surface area (Å²) in [5.41, 5.74) is 0.110. The molecule has 0 N–H and O–H groups in total. The van der Waals surface area contributed by atoms with E-state index >= 15 is 0 Å². The van der Waals surface area contributed by atoms with E-state index in [0.29, 0.717) is 12.8 Å². The molecule has 1 rings (SSSR count). The second kappa shape index (κ2) is 15.6. The van der Waals surface area contributed by atoms with E-state index < -0.39 is 46.1 Å². The third kappa shape index (κ3) is 10.1. The molecule has 5 atom stereocenters. The van der Waals surface area contributed by atoms with Crippen LogP contribution in [-0.2, 0) is 28.0 Å². The van der Waals surface area contributed by atoms with E-state index in [4.69, 9.17) is 13.6 Å². The quantitative estimate of drug-likeness (QED) is 0.153. The van der Waals surface area contributed by atoms with Gasteiger partial charge in [-0.05, 0) is 62.5 Å². The molecule has 0 saturated carbocycles. The minimum atomic E-state index is -2.22. The zero-order chi connectivity index (χ0) is 32.7. The minimum Gasteiger partial charge on any atom is -0.454 e. The Hall–Kier alpha value is -1.36. The molecule has 0 spiro atoms. The van der Waals surface area contributed by atoms with Gasteiger partial charge >= 0.3 is 5.97 Å². The van der Waals surface area contributed by atoms with E-state index in [1.54, 1.807) is 0 Å². The Kier molecular flexibility index (Phi) is 14.3. The van der Waals surface area contributed by atoms with Crippen molar-refractivity contribution in [3.63, 3.8) is 0 Å². The van der Waals surface area contributed by atoms with Crippen LogP contribution in [0.1, 0.15) is 102 Å². The monoisotopic (exact) mass is 622 g/mol. The van der Waals surface area contributed by atoms with Crippen molar-refractivity contribution in [3.05, 3.63) is 23.8 Å². The van der Waals surface area contributed by atoms with Crippen LogP contribution in [0.5, 0.6) is 0 Å². The molecule has 0 aliphatic carbocycles. The van der Waals surface area contributed by atoms with Gasteiger partial charge in [0.25, 0.3) is 0 Å². The number of hydrogen-bond donors (Lipinski definition) is 0. The zero-order valence-corrected chi connectivity index (χ0v) is 31.3. The number of carbonyl (C=O) groups excluding carboxylic acids is 3. The van der Waals surface area contributed by atoms with Crippen LogP contribution in [0.3, 0.4) is 0 Å². The lowest BCUT2D eigenvalue weighted by atomic mass is 9.73. The largest absolute Gasteiger partial charge is 0.454 e. The molecule has 0 radical (unpaired) electrons. The van der Waals surface area contributed by atoms with Crippen molar-refractivity contribution in [1.29, 1.82) is 0 Å². The van der Waals surface area contributed by atoms with Crippen LogP contribution in [0.2, 0.25) is 36.3 Å². The highest BCUT2D eigenvalue weighted by atomic mass is 28.4. The van der Waals surface area contributed by atoms with Gasteiger partial charge in [0.05, 0.1) is 18.6 Å². The third-order valence-corrected chi connectivity index (χ3v) is 19.2. The van der Waals surface area contributed by atoms with E-state index in [1.165, 1.54) is 6.92 Å². The summed E-state index contributed by atoms with van der Waals surface area (Å²) in [4.78, 5) is 40.4. The second-order valence-corrected chi connectivity index (χ2v) is 24.1. The maximum absolute atomic E-state index is 14.6. The maximum atomic E-state index is 14.6. The average Bonchev–Trinajstić information content (AvgIpc) is 2.89. The van der Waals surface area contributed by atoms with E-state index in [1.807, 2.05) is 33.8 Å². The molecule has 0 aromatic heterocycles. The van der Waals surface area contributed by atoms with Crippen LogP contribution >= 0.6 is 0 Å². The first kappa shape index (κ1) is 38.7. The van der Waals surface area contributed by atoms with Crippen LogP contribution in [-0.4, -0.2) is 52.5 Å².